The Morgan fingerprint density at radius 1 is 1.47 bits per heavy atom. The molecule has 0 radical (unpaired) electrons. The number of hydrogen-bond acceptors (Lipinski definition) is 3. The predicted molar refractivity (Wildman–Crippen MR) is 65.6 cm³/mol. The normalized spacial score (nSPS) is 14.4. The van der Waals surface area contributed by atoms with Crippen molar-refractivity contribution in [2.75, 3.05) is 20.1 Å². The molecule has 0 aliphatic heterocycles. The molecule has 0 saturated heterocycles. The first-order valence-corrected chi connectivity index (χ1v) is 5.64. The van der Waals surface area contributed by atoms with Crippen LogP contribution in [0.25, 0.3) is 0 Å². The molecule has 2 atom stereocenters. The first kappa shape index (κ1) is 13.6. The number of rotatable bonds is 5. The summed E-state index contributed by atoms with van der Waals surface area (Å²) in [6, 6.07) is 8.59. The zero-order chi connectivity index (χ0) is 12.8. The summed E-state index contributed by atoms with van der Waals surface area (Å²) in [5, 5.41) is 8.78. The lowest BCUT2D eigenvalue weighted by atomic mass is 10.0. The van der Waals surface area contributed by atoms with Crippen LogP contribution >= 0.6 is 0 Å². The van der Waals surface area contributed by atoms with Gasteiger partial charge in [0, 0.05) is 24.7 Å². The van der Waals surface area contributed by atoms with Crippen molar-refractivity contribution in [3.05, 3.63) is 35.6 Å². The fourth-order valence-electron chi connectivity index (χ4n) is 1.89. The second kappa shape index (κ2) is 6.33. The third-order valence-electron chi connectivity index (χ3n) is 2.80. The third kappa shape index (κ3) is 3.52. The Bertz CT molecular complexity index is 400. The van der Waals surface area contributed by atoms with Gasteiger partial charge in [0.05, 0.1) is 12.0 Å². The third-order valence-corrected chi connectivity index (χ3v) is 2.80. The minimum absolute atomic E-state index is 0.0965. The number of nitrogens with two attached hydrogens (primary N) is 1. The second-order valence-electron chi connectivity index (χ2n) is 4.24. The molecule has 17 heavy (non-hydrogen) atoms. The maximum Gasteiger partial charge on any atom is 0.128 e. The van der Waals surface area contributed by atoms with Gasteiger partial charge in [0.25, 0.3) is 0 Å². The maximum absolute atomic E-state index is 13.7. The molecule has 0 amide bonds. The van der Waals surface area contributed by atoms with Crippen molar-refractivity contribution < 1.29 is 4.39 Å². The van der Waals surface area contributed by atoms with Crippen LogP contribution in [0, 0.1) is 23.1 Å². The number of halogens is 1. The highest BCUT2D eigenvalue weighted by atomic mass is 19.1. The van der Waals surface area contributed by atoms with Gasteiger partial charge in [-0.05, 0) is 20.0 Å². The molecule has 2 N–H and O–H groups in total. The van der Waals surface area contributed by atoms with Gasteiger partial charge >= 0.3 is 0 Å². The molecule has 0 spiro atoms. The van der Waals surface area contributed by atoms with E-state index in [2.05, 4.69) is 6.07 Å². The van der Waals surface area contributed by atoms with Crippen molar-refractivity contribution in [1.82, 2.24) is 4.90 Å². The van der Waals surface area contributed by atoms with Crippen LogP contribution in [-0.2, 0) is 0 Å². The van der Waals surface area contributed by atoms with Crippen LogP contribution in [0.1, 0.15) is 18.5 Å². The minimum Gasteiger partial charge on any atom is -0.329 e. The van der Waals surface area contributed by atoms with Gasteiger partial charge in [0.15, 0.2) is 0 Å². The molecule has 1 aromatic rings. The maximum atomic E-state index is 13.7. The van der Waals surface area contributed by atoms with Crippen LogP contribution in [0.5, 0.6) is 0 Å². The molecule has 0 saturated carbocycles. The van der Waals surface area contributed by atoms with E-state index in [4.69, 9.17) is 11.0 Å². The molecular weight excluding hydrogens is 217 g/mol. The van der Waals surface area contributed by atoms with E-state index in [-0.39, 0.29) is 17.8 Å². The molecule has 0 aromatic heterocycles. The summed E-state index contributed by atoms with van der Waals surface area (Å²) >= 11 is 0. The Kier molecular flexibility index (Phi) is 5.08. The lowest BCUT2D eigenvalue weighted by Crippen LogP contribution is -2.34. The monoisotopic (exact) mass is 235 g/mol. The zero-order valence-electron chi connectivity index (χ0n) is 10.2. The van der Waals surface area contributed by atoms with Gasteiger partial charge in [-0.1, -0.05) is 18.2 Å². The van der Waals surface area contributed by atoms with Crippen LogP contribution in [-0.4, -0.2) is 25.0 Å². The molecule has 92 valence electrons. The first-order chi connectivity index (χ1) is 8.10. The zero-order valence-corrected chi connectivity index (χ0v) is 10.2. The van der Waals surface area contributed by atoms with Gasteiger partial charge < -0.3 is 5.73 Å². The van der Waals surface area contributed by atoms with E-state index in [1.165, 1.54) is 6.07 Å². The van der Waals surface area contributed by atoms with Gasteiger partial charge in [0.1, 0.15) is 5.82 Å². The second-order valence-corrected chi connectivity index (χ2v) is 4.24. The van der Waals surface area contributed by atoms with Crippen LogP contribution in [0.4, 0.5) is 4.39 Å². The summed E-state index contributed by atoms with van der Waals surface area (Å²) in [5.74, 6) is -0.347. The molecule has 0 aliphatic rings. The molecule has 1 aromatic carbocycles. The van der Waals surface area contributed by atoms with E-state index in [9.17, 15) is 4.39 Å². The van der Waals surface area contributed by atoms with E-state index >= 15 is 0 Å². The fraction of sp³-hybridized carbons (Fsp3) is 0.462. The standard InChI is InChI=1S/C13H18FN3/c1-10(7-15)9-17(2)13(8-16)11-5-3-4-6-12(11)14/h3-6,10,13H,8-9,16H2,1-2H3. The van der Waals surface area contributed by atoms with Crippen molar-refractivity contribution in [1.29, 1.82) is 5.26 Å². The summed E-state index contributed by atoms with van der Waals surface area (Å²) < 4.78 is 13.7. The molecule has 1 rings (SSSR count). The van der Waals surface area contributed by atoms with E-state index in [0.717, 1.165) is 0 Å². The van der Waals surface area contributed by atoms with E-state index in [0.29, 0.717) is 18.7 Å². The Balaban J connectivity index is 2.85. The molecule has 3 nitrogen and oxygen atoms in total. The largest absolute Gasteiger partial charge is 0.329 e. The van der Waals surface area contributed by atoms with Gasteiger partial charge in [-0.2, -0.15) is 5.26 Å². The average molecular weight is 235 g/mol. The Labute approximate surface area is 102 Å². The Hall–Kier alpha value is -1.44. The molecule has 0 fully saturated rings. The van der Waals surface area contributed by atoms with Gasteiger partial charge in [-0.15, -0.1) is 0 Å². The number of likely N-dealkylation sites (N-methyl/N-ethyl adjacent to an activating group) is 1. The molecule has 4 heteroatoms. The van der Waals surface area contributed by atoms with Gasteiger partial charge in [-0.3, -0.25) is 4.90 Å². The van der Waals surface area contributed by atoms with Crippen LogP contribution in [0.2, 0.25) is 0 Å². The van der Waals surface area contributed by atoms with Gasteiger partial charge in [0.2, 0.25) is 0 Å². The Morgan fingerprint density at radius 3 is 2.65 bits per heavy atom. The average Bonchev–Trinajstić information content (AvgIpc) is 2.32. The van der Waals surface area contributed by atoms with Crippen molar-refractivity contribution in [2.45, 2.75) is 13.0 Å². The van der Waals surface area contributed by atoms with Gasteiger partial charge in [-0.25, -0.2) is 4.39 Å². The number of benzene rings is 1. The topological polar surface area (TPSA) is 53.0 Å². The molecule has 2 unspecified atom stereocenters. The van der Waals surface area contributed by atoms with Crippen molar-refractivity contribution >= 4 is 0 Å². The lowest BCUT2D eigenvalue weighted by molar-refractivity contribution is 0.229. The summed E-state index contributed by atoms with van der Waals surface area (Å²) in [6.45, 7) is 2.74. The highest BCUT2D eigenvalue weighted by Gasteiger charge is 2.19. The van der Waals surface area contributed by atoms with E-state index in [1.54, 1.807) is 18.2 Å². The minimum atomic E-state index is -0.251. The van der Waals surface area contributed by atoms with E-state index in [1.807, 2.05) is 18.9 Å². The molecule has 0 heterocycles. The van der Waals surface area contributed by atoms with Crippen molar-refractivity contribution in [3.63, 3.8) is 0 Å². The molecule has 0 aliphatic carbocycles. The number of nitrogens with zero attached hydrogens (tertiary/aromatic N) is 2. The van der Waals surface area contributed by atoms with Crippen molar-refractivity contribution in [3.8, 4) is 6.07 Å². The summed E-state index contributed by atoms with van der Waals surface area (Å²) in [4.78, 5) is 1.92. The summed E-state index contributed by atoms with van der Waals surface area (Å²) in [5.41, 5.74) is 6.29. The smallest absolute Gasteiger partial charge is 0.128 e. The quantitative estimate of drug-likeness (QED) is 0.848. The molecular formula is C13H18FN3. The number of nitriles is 1. The first-order valence-electron chi connectivity index (χ1n) is 5.64. The van der Waals surface area contributed by atoms with Crippen LogP contribution in [0.15, 0.2) is 24.3 Å². The molecule has 0 bridgehead atoms. The van der Waals surface area contributed by atoms with Crippen LogP contribution in [0.3, 0.4) is 0 Å². The highest BCUT2D eigenvalue weighted by Crippen LogP contribution is 2.21. The number of hydrogen-bond donors (Lipinski definition) is 1. The lowest BCUT2D eigenvalue weighted by Gasteiger charge is -2.28. The SMILES string of the molecule is CC(C#N)CN(C)C(CN)c1ccccc1F. The van der Waals surface area contributed by atoms with E-state index < -0.39 is 0 Å². The fourth-order valence-corrected chi connectivity index (χ4v) is 1.89. The van der Waals surface area contributed by atoms with Crippen molar-refractivity contribution in [2.24, 2.45) is 11.7 Å². The summed E-state index contributed by atoms with van der Waals surface area (Å²) in [6.07, 6.45) is 0. The highest BCUT2D eigenvalue weighted by molar-refractivity contribution is 5.21. The Morgan fingerprint density at radius 2 is 2.12 bits per heavy atom. The predicted octanol–water partition coefficient (Wildman–Crippen LogP) is 1.92. The summed E-state index contributed by atoms with van der Waals surface area (Å²) in [7, 11) is 1.86. The van der Waals surface area contributed by atoms with Crippen LogP contribution < -0.4 is 5.73 Å².